The Morgan fingerprint density at radius 1 is 1.16 bits per heavy atom. The number of fused-ring (bicyclic) bond motifs is 2. The van der Waals surface area contributed by atoms with Gasteiger partial charge in [0.2, 0.25) is 0 Å². The van der Waals surface area contributed by atoms with Crippen LogP contribution in [0, 0.1) is 30.9 Å². The van der Waals surface area contributed by atoms with Crippen LogP contribution in [0.2, 0.25) is 10.0 Å². The maximum absolute atomic E-state index is 13.5. The first-order valence-corrected chi connectivity index (χ1v) is 20.5. The highest BCUT2D eigenvalue weighted by molar-refractivity contribution is 7.92. The number of carbonyl (C=O) groups is 1. The molecule has 0 spiro atoms. The summed E-state index contributed by atoms with van der Waals surface area (Å²) in [7, 11) is -7.45. The second-order valence-corrected chi connectivity index (χ2v) is 16.8. The van der Waals surface area contributed by atoms with Crippen molar-refractivity contribution in [2.45, 2.75) is 50.4 Å². The molecule has 6 rings (SSSR count). The van der Waals surface area contributed by atoms with E-state index in [2.05, 4.69) is 26.1 Å². The zero-order chi connectivity index (χ0) is 40.7. The van der Waals surface area contributed by atoms with Gasteiger partial charge >= 0.3 is 11.7 Å². The number of terminal acetylenes is 1. The van der Waals surface area contributed by atoms with Gasteiger partial charge in [-0.25, -0.2) is 23.1 Å². The normalized spacial score (nSPS) is 13.9. The number of aliphatic carboxylic acids is 1. The lowest BCUT2D eigenvalue weighted by molar-refractivity contribution is -0.138. The van der Waals surface area contributed by atoms with Gasteiger partial charge in [0.25, 0.3) is 21.0 Å². The molecule has 55 heavy (non-hydrogen) atoms. The first-order chi connectivity index (χ1) is 25.8. The number of benzene rings is 2. The van der Waals surface area contributed by atoms with E-state index in [9.17, 15) is 31.4 Å². The Morgan fingerprint density at radius 2 is 1.85 bits per heavy atom. The zero-order valence-corrected chi connectivity index (χ0v) is 32.3. The molecule has 0 aliphatic carbocycles. The molecule has 1 aliphatic rings. The van der Waals surface area contributed by atoms with E-state index in [0.29, 0.717) is 33.7 Å². The smallest absolute Gasteiger partial charge is 0.350 e. The van der Waals surface area contributed by atoms with E-state index in [0.717, 1.165) is 47.8 Å². The summed E-state index contributed by atoms with van der Waals surface area (Å²) < 4.78 is 73.3. The fourth-order valence-electron chi connectivity index (χ4n) is 4.70. The number of aryl methyl sites for hydroxylation is 2. The first-order valence-electron chi connectivity index (χ1n) is 16.0. The minimum Gasteiger partial charge on any atom is -0.480 e. The third-order valence-corrected chi connectivity index (χ3v) is 10.3. The first kappa shape index (κ1) is 42.8. The Kier molecular flexibility index (Phi) is 14.1. The molecule has 5 N–H and O–H groups in total. The number of carboxylic acid groups (broad SMARTS) is 1. The average molecular weight is 845 g/mol. The summed E-state index contributed by atoms with van der Waals surface area (Å²) in [6, 6.07) is 6.68. The summed E-state index contributed by atoms with van der Waals surface area (Å²) in [5.74, 6) is 0.353. The van der Waals surface area contributed by atoms with Gasteiger partial charge in [-0.2, -0.15) is 18.1 Å². The van der Waals surface area contributed by atoms with Crippen LogP contribution in [0.4, 0.5) is 14.5 Å². The number of halogens is 4. The number of hydrogen-bond donors (Lipinski definition) is 4. The van der Waals surface area contributed by atoms with E-state index < -0.39 is 51.9 Å². The molecule has 0 saturated carbocycles. The molecule has 23 heteroatoms. The van der Waals surface area contributed by atoms with Crippen molar-refractivity contribution in [3.8, 4) is 23.8 Å². The number of aromatic nitrogens is 7. The Bertz CT molecular complexity index is 2450. The van der Waals surface area contributed by atoms with E-state index in [1.54, 1.807) is 28.3 Å². The molecule has 2 unspecified atom stereocenters. The third-order valence-electron chi connectivity index (χ3n) is 7.45. The van der Waals surface area contributed by atoms with Crippen molar-refractivity contribution < 1.29 is 41.3 Å². The van der Waals surface area contributed by atoms with Crippen molar-refractivity contribution in [3.63, 3.8) is 0 Å². The van der Waals surface area contributed by atoms with Crippen LogP contribution in [0.25, 0.3) is 11.5 Å². The monoisotopic (exact) mass is 843 g/mol. The van der Waals surface area contributed by atoms with E-state index in [1.807, 2.05) is 0 Å². The largest absolute Gasteiger partial charge is 0.480 e. The van der Waals surface area contributed by atoms with E-state index >= 15 is 0 Å². The van der Waals surface area contributed by atoms with Gasteiger partial charge in [0.15, 0.2) is 7.37 Å². The number of anilines is 1. The standard InChI is InChI=1S/C15H13Cl2N3O2.C12H9F2N5O2S.C5H12NO4P/c1-2-7-22-13-9-12(10(16)8-11(13)17)20-15(21)19-6-4-3-5-14(19)18-20;1-7-5-6-19-11(15-7)16-12(17-19)22(20,21)18-10-8(13)3-2-4-9(10)14;1-11(9,10)3-2-4(6)5(7)8/h1,8-9H,3-7H2;2-6,18H,1H3;4H,2-3,6H2,1H3,(H,7,8)(H,9,10). The van der Waals surface area contributed by atoms with Crippen LogP contribution in [0.1, 0.15) is 30.8 Å². The second-order valence-electron chi connectivity index (χ2n) is 11.9. The molecule has 0 radical (unpaired) electrons. The van der Waals surface area contributed by atoms with Gasteiger partial charge in [-0.3, -0.25) is 18.6 Å². The molecule has 2 aromatic carbocycles. The van der Waals surface area contributed by atoms with Crippen molar-refractivity contribution in [1.29, 1.82) is 0 Å². The van der Waals surface area contributed by atoms with Crippen molar-refractivity contribution in [1.82, 2.24) is 33.9 Å². The molecule has 5 aromatic rings. The molecule has 3 aromatic heterocycles. The Balaban J connectivity index is 0.000000195. The van der Waals surface area contributed by atoms with Crippen LogP contribution >= 0.6 is 30.6 Å². The predicted molar refractivity (Wildman–Crippen MR) is 199 cm³/mol. The van der Waals surface area contributed by atoms with Crippen LogP contribution in [-0.2, 0) is 32.3 Å². The van der Waals surface area contributed by atoms with Gasteiger partial charge in [-0.15, -0.1) is 16.6 Å². The highest BCUT2D eigenvalue weighted by Gasteiger charge is 2.25. The fourth-order valence-corrected chi connectivity index (χ4v) is 6.93. The fraction of sp³-hybridized carbons (Fsp3) is 0.312. The summed E-state index contributed by atoms with van der Waals surface area (Å²) in [5.41, 5.74) is 5.16. The Hall–Kier alpha value is -4.90. The molecule has 0 saturated heterocycles. The lowest BCUT2D eigenvalue weighted by Crippen LogP contribution is -2.30. The highest BCUT2D eigenvalue weighted by atomic mass is 35.5. The molecule has 294 valence electrons. The molecule has 1 aliphatic heterocycles. The number of rotatable bonds is 10. The van der Waals surface area contributed by atoms with Gasteiger partial charge in [-0.1, -0.05) is 35.2 Å². The maximum atomic E-state index is 13.5. The van der Waals surface area contributed by atoms with E-state index in [-0.39, 0.29) is 30.7 Å². The van der Waals surface area contributed by atoms with E-state index in [4.69, 9.17) is 50.1 Å². The van der Waals surface area contributed by atoms with Crippen LogP contribution in [0.15, 0.2) is 52.5 Å². The van der Waals surface area contributed by atoms with Crippen molar-refractivity contribution >= 4 is 58.0 Å². The minimum absolute atomic E-state index is 0.0412. The van der Waals surface area contributed by atoms with Gasteiger partial charge < -0.3 is 20.5 Å². The van der Waals surface area contributed by atoms with Crippen LogP contribution < -0.4 is 20.9 Å². The lowest BCUT2D eigenvalue weighted by Gasteiger charge is -2.09. The average Bonchev–Trinajstić information content (AvgIpc) is 3.70. The third kappa shape index (κ3) is 11.3. The van der Waals surface area contributed by atoms with Crippen molar-refractivity contribution in [3.05, 3.63) is 86.3 Å². The molecular weight excluding hydrogens is 810 g/mol. The highest BCUT2D eigenvalue weighted by Crippen LogP contribution is 2.36. The zero-order valence-electron chi connectivity index (χ0n) is 29.1. The summed E-state index contributed by atoms with van der Waals surface area (Å²) in [6.45, 7) is 3.65. The number of hydrogen-bond acceptors (Lipinski definition) is 11. The SMILES string of the molecule is C#CCOc1cc(-n2nc3n(c2=O)CCCC3)c(Cl)cc1Cl.CP(=O)(O)CCC(N)C(=O)O.Cc1ccn2nc(S(=O)(=O)Nc3c(F)cccc3F)nc2n1. The summed E-state index contributed by atoms with van der Waals surface area (Å²) in [4.78, 5) is 39.1. The number of carboxylic acids is 1. The molecule has 0 fully saturated rings. The van der Waals surface area contributed by atoms with E-state index in [1.165, 1.54) is 23.6 Å². The second kappa shape index (κ2) is 18.2. The van der Waals surface area contributed by atoms with Gasteiger partial charge in [0.05, 0.1) is 15.7 Å². The summed E-state index contributed by atoms with van der Waals surface area (Å²) in [6.07, 6.45) is 9.45. The molecule has 4 heterocycles. The van der Waals surface area contributed by atoms with Gasteiger partial charge in [0, 0.05) is 43.7 Å². The van der Waals surface area contributed by atoms with Crippen molar-refractivity contribution in [2.75, 3.05) is 24.2 Å². The Labute approximate surface area is 322 Å². The summed E-state index contributed by atoms with van der Waals surface area (Å²) in [5, 5.41) is 16.4. The van der Waals surface area contributed by atoms with Crippen LogP contribution in [0.3, 0.4) is 0 Å². The molecule has 2 atom stereocenters. The number of nitrogens with two attached hydrogens (primary N) is 1. The number of nitrogens with zero attached hydrogens (tertiary/aromatic N) is 7. The maximum Gasteiger partial charge on any atom is 0.350 e. The molecule has 17 nitrogen and oxygen atoms in total. The number of sulfonamides is 1. The quantitative estimate of drug-likeness (QED) is 0.115. The minimum atomic E-state index is -4.35. The molecular formula is C32H34Cl2F2N9O8PS. The molecule has 0 amide bonds. The lowest BCUT2D eigenvalue weighted by atomic mass is 10.2. The van der Waals surface area contributed by atoms with Crippen molar-refractivity contribution in [2.24, 2.45) is 5.73 Å². The van der Waals surface area contributed by atoms with Gasteiger partial charge in [-0.05, 0) is 50.5 Å². The van der Waals surface area contributed by atoms with Gasteiger partial charge in [0.1, 0.15) is 41.5 Å². The van der Waals surface area contributed by atoms with Crippen LogP contribution in [-0.4, -0.2) is 83.8 Å². The molecule has 0 bridgehead atoms. The number of para-hydroxylation sites is 1. The Morgan fingerprint density at radius 3 is 2.47 bits per heavy atom. The number of nitrogens with one attached hydrogen (secondary N) is 1. The topological polar surface area (TPSA) is 239 Å². The predicted octanol–water partition coefficient (Wildman–Crippen LogP) is 3.89. The summed E-state index contributed by atoms with van der Waals surface area (Å²) >= 11 is 12.3. The number of ether oxygens (including phenoxy) is 1. The van der Waals surface area contributed by atoms with Crippen LogP contribution in [0.5, 0.6) is 5.75 Å².